The lowest BCUT2D eigenvalue weighted by Gasteiger charge is -2.37. The van der Waals surface area contributed by atoms with Gasteiger partial charge in [-0.15, -0.1) is 0 Å². The highest BCUT2D eigenvalue weighted by molar-refractivity contribution is 5.90. The molecule has 0 saturated carbocycles. The molecule has 0 spiro atoms. The van der Waals surface area contributed by atoms with Crippen LogP contribution in [0.15, 0.2) is 29.8 Å². The van der Waals surface area contributed by atoms with E-state index in [0.29, 0.717) is 24.3 Å². The van der Waals surface area contributed by atoms with Crippen molar-refractivity contribution in [3.05, 3.63) is 47.0 Å². The molecule has 1 aliphatic carbocycles. The van der Waals surface area contributed by atoms with Gasteiger partial charge in [0.25, 0.3) is 0 Å². The molecule has 19 heavy (non-hydrogen) atoms. The van der Waals surface area contributed by atoms with E-state index in [4.69, 9.17) is 0 Å². The minimum Gasteiger partial charge on any atom is -0.478 e. The number of rotatable bonds is 2. The highest BCUT2D eigenvalue weighted by Gasteiger charge is 2.39. The summed E-state index contributed by atoms with van der Waals surface area (Å²) < 4.78 is 26.4. The highest BCUT2D eigenvalue weighted by Crippen LogP contribution is 2.42. The van der Waals surface area contributed by atoms with Gasteiger partial charge in [-0.05, 0) is 36.5 Å². The fourth-order valence-electron chi connectivity index (χ4n) is 2.87. The van der Waals surface area contributed by atoms with E-state index in [1.54, 1.807) is 13.0 Å². The van der Waals surface area contributed by atoms with Gasteiger partial charge in [-0.1, -0.05) is 26.0 Å². The second-order valence-corrected chi connectivity index (χ2v) is 5.43. The lowest BCUT2D eigenvalue weighted by Crippen LogP contribution is -2.34. The molecule has 1 aromatic rings. The van der Waals surface area contributed by atoms with Crippen molar-refractivity contribution in [2.45, 2.75) is 32.1 Å². The van der Waals surface area contributed by atoms with Gasteiger partial charge in [-0.3, -0.25) is 0 Å². The van der Waals surface area contributed by atoms with Crippen LogP contribution in [0.1, 0.15) is 32.3 Å². The topological polar surface area (TPSA) is 37.3 Å². The summed E-state index contributed by atoms with van der Waals surface area (Å²) in [6, 6.07) is 3.62. The van der Waals surface area contributed by atoms with E-state index in [1.807, 2.05) is 6.92 Å². The number of halogens is 2. The molecule has 0 radical (unpaired) electrons. The first-order valence-corrected chi connectivity index (χ1v) is 6.24. The molecule has 0 heterocycles. The molecule has 4 heteroatoms. The molecule has 0 fully saturated rings. The maximum Gasteiger partial charge on any atom is 0.332 e. The number of carbonyl (C=O) groups is 1. The fourth-order valence-corrected chi connectivity index (χ4v) is 2.87. The zero-order chi connectivity index (χ0) is 14.2. The molecule has 1 N–H and O–H groups in total. The molecule has 2 unspecified atom stereocenters. The Morgan fingerprint density at radius 2 is 2.05 bits per heavy atom. The van der Waals surface area contributed by atoms with E-state index >= 15 is 0 Å². The molecule has 0 saturated heterocycles. The molecule has 1 aliphatic rings. The Hall–Kier alpha value is -1.71. The summed E-state index contributed by atoms with van der Waals surface area (Å²) in [7, 11) is 0. The van der Waals surface area contributed by atoms with Crippen LogP contribution in [0, 0.1) is 17.6 Å². The summed E-state index contributed by atoms with van der Waals surface area (Å²) >= 11 is 0. The number of carboxylic acid groups (broad SMARTS) is 1. The molecule has 0 bridgehead atoms. The van der Waals surface area contributed by atoms with E-state index in [2.05, 4.69) is 0 Å². The van der Waals surface area contributed by atoms with E-state index in [-0.39, 0.29) is 5.57 Å². The average Bonchev–Trinajstić information content (AvgIpc) is 2.31. The second-order valence-electron chi connectivity index (χ2n) is 5.43. The van der Waals surface area contributed by atoms with Crippen molar-refractivity contribution < 1.29 is 18.7 Å². The average molecular weight is 266 g/mol. The number of carboxylic acids is 1. The van der Waals surface area contributed by atoms with Crippen LogP contribution in [-0.4, -0.2) is 11.1 Å². The summed E-state index contributed by atoms with van der Waals surface area (Å²) in [6.07, 6.45) is 2.99. The molecule has 0 amide bonds. The van der Waals surface area contributed by atoms with Crippen molar-refractivity contribution in [3.8, 4) is 0 Å². The summed E-state index contributed by atoms with van der Waals surface area (Å²) in [5, 5.41) is 9.31. The Morgan fingerprint density at radius 1 is 1.37 bits per heavy atom. The summed E-state index contributed by atoms with van der Waals surface area (Å²) in [4.78, 5) is 11.4. The Balaban J connectivity index is 2.54. The van der Waals surface area contributed by atoms with E-state index in [0.717, 1.165) is 12.1 Å². The van der Waals surface area contributed by atoms with Gasteiger partial charge in [0.1, 0.15) is 0 Å². The molecule has 1 aromatic carbocycles. The van der Waals surface area contributed by atoms with Crippen molar-refractivity contribution >= 4 is 5.97 Å². The van der Waals surface area contributed by atoms with Crippen LogP contribution in [0.5, 0.6) is 0 Å². The van der Waals surface area contributed by atoms with Crippen LogP contribution in [0.2, 0.25) is 0 Å². The van der Waals surface area contributed by atoms with Crippen LogP contribution in [0.25, 0.3) is 0 Å². The van der Waals surface area contributed by atoms with Crippen LogP contribution < -0.4 is 0 Å². The minimum absolute atomic E-state index is 0.261. The third-order valence-corrected chi connectivity index (χ3v) is 3.86. The second kappa shape index (κ2) is 4.76. The SMILES string of the molecule is CC1CC=C(C(=O)O)C(C)(c2ccc(F)c(F)c2)C1. The Kier molecular flexibility index (Phi) is 3.43. The standard InChI is InChI=1S/C15H16F2O2/c1-9-3-5-11(14(18)19)15(2,8-9)10-4-6-12(16)13(17)7-10/h4-7,9H,3,8H2,1-2H3,(H,18,19). The molecule has 2 rings (SSSR count). The molecular weight excluding hydrogens is 250 g/mol. The normalized spacial score (nSPS) is 26.9. The van der Waals surface area contributed by atoms with Crippen molar-refractivity contribution in [1.82, 2.24) is 0 Å². The van der Waals surface area contributed by atoms with Crippen molar-refractivity contribution in [2.75, 3.05) is 0 Å². The largest absolute Gasteiger partial charge is 0.478 e. The Labute approximate surface area is 110 Å². The van der Waals surface area contributed by atoms with Crippen LogP contribution in [0.4, 0.5) is 8.78 Å². The Bertz CT molecular complexity index is 551. The van der Waals surface area contributed by atoms with Gasteiger partial charge in [-0.2, -0.15) is 0 Å². The highest BCUT2D eigenvalue weighted by atomic mass is 19.2. The zero-order valence-corrected chi connectivity index (χ0v) is 10.9. The van der Waals surface area contributed by atoms with Gasteiger partial charge in [0, 0.05) is 11.0 Å². The quantitative estimate of drug-likeness (QED) is 0.886. The maximum absolute atomic E-state index is 13.4. The zero-order valence-electron chi connectivity index (χ0n) is 10.9. The number of hydrogen-bond donors (Lipinski definition) is 1. The summed E-state index contributed by atoms with van der Waals surface area (Å²) in [5.41, 5.74) is -0.0129. The van der Waals surface area contributed by atoms with Crippen molar-refractivity contribution in [1.29, 1.82) is 0 Å². The van der Waals surface area contributed by atoms with E-state index in [9.17, 15) is 18.7 Å². The number of aliphatic carboxylic acids is 1. The molecule has 102 valence electrons. The van der Waals surface area contributed by atoms with Crippen LogP contribution in [0.3, 0.4) is 0 Å². The first-order valence-electron chi connectivity index (χ1n) is 6.24. The van der Waals surface area contributed by atoms with Gasteiger partial charge in [0.15, 0.2) is 11.6 Å². The molecule has 0 aromatic heterocycles. The van der Waals surface area contributed by atoms with Crippen molar-refractivity contribution in [3.63, 3.8) is 0 Å². The fraction of sp³-hybridized carbons (Fsp3) is 0.400. The maximum atomic E-state index is 13.4. The van der Waals surface area contributed by atoms with Gasteiger partial charge in [0.05, 0.1) is 0 Å². The predicted molar refractivity (Wildman–Crippen MR) is 67.8 cm³/mol. The molecule has 0 aliphatic heterocycles. The smallest absolute Gasteiger partial charge is 0.332 e. The predicted octanol–water partition coefficient (Wildman–Crippen LogP) is 3.66. The number of hydrogen-bond acceptors (Lipinski definition) is 1. The third kappa shape index (κ3) is 2.39. The van der Waals surface area contributed by atoms with Crippen LogP contribution >= 0.6 is 0 Å². The number of allylic oxidation sites excluding steroid dienone is 1. The van der Waals surface area contributed by atoms with Gasteiger partial charge in [-0.25, -0.2) is 13.6 Å². The lowest BCUT2D eigenvalue weighted by molar-refractivity contribution is -0.133. The van der Waals surface area contributed by atoms with Crippen molar-refractivity contribution in [2.24, 2.45) is 5.92 Å². The van der Waals surface area contributed by atoms with E-state index < -0.39 is 23.0 Å². The minimum atomic E-state index is -1.00. The molecule has 2 nitrogen and oxygen atoms in total. The van der Waals surface area contributed by atoms with Gasteiger partial charge in [0.2, 0.25) is 0 Å². The van der Waals surface area contributed by atoms with Gasteiger partial charge < -0.3 is 5.11 Å². The third-order valence-electron chi connectivity index (χ3n) is 3.86. The van der Waals surface area contributed by atoms with Crippen LogP contribution in [-0.2, 0) is 10.2 Å². The molecule has 2 atom stereocenters. The monoisotopic (exact) mass is 266 g/mol. The molecular formula is C15H16F2O2. The Morgan fingerprint density at radius 3 is 2.63 bits per heavy atom. The summed E-state index contributed by atoms with van der Waals surface area (Å²) in [6.45, 7) is 3.79. The lowest BCUT2D eigenvalue weighted by atomic mass is 9.66. The van der Waals surface area contributed by atoms with E-state index in [1.165, 1.54) is 6.07 Å². The first-order chi connectivity index (χ1) is 8.84. The van der Waals surface area contributed by atoms with Gasteiger partial charge >= 0.3 is 5.97 Å². The number of benzene rings is 1. The summed E-state index contributed by atoms with van der Waals surface area (Å²) in [5.74, 6) is -2.56. The first kappa shape index (κ1) is 13.7.